The molecule has 2 N–H and O–H groups in total. The molecule has 0 aliphatic rings. The number of nitrogens with zero attached hydrogens (tertiary/aromatic N) is 1. The molecule has 0 atom stereocenters. The van der Waals surface area contributed by atoms with Crippen LogP contribution >= 0.6 is 0 Å². The summed E-state index contributed by atoms with van der Waals surface area (Å²) < 4.78 is 70.9. The fraction of sp³-hybridized carbons (Fsp3) is 0.533. The van der Waals surface area contributed by atoms with E-state index in [-0.39, 0.29) is 18.9 Å². The Morgan fingerprint density at radius 1 is 1.20 bits per heavy atom. The van der Waals surface area contributed by atoms with E-state index in [1.54, 1.807) is 13.8 Å². The molecule has 0 saturated heterocycles. The Morgan fingerprint density at radius 2 is 1.76 bits per heavy atom. The van der Waals surface area contributed by atoms with Crippen LogP contribution in [-0.2, 0) is 17.3 Å². The minimum Gasteiger partial charge on any atom is -0.462 e. The lowest BCUT2D eigenvalue weighted by Gasteiger charge is -2.21. The van der Waals surface area contributed by atoms with E-state index < -0.39 is 52.6 Å². The number of carbonyl (C=O) groups is 2. The number of ether oxygens (including phenoxy) is 1. The molecule has 10 heteroatoms. The number of carbonyl (C=O) groups excluding carboxylic acids is 2. The molecule has 0 aliphatic carbocycles. The molecular weight excluding hydrogens is 351 g/mol. The van der Waals surface area contributed by atoms with Crippen molar-refractivity contribution in [2.75, 3.05) is 6.61 Å². The van der Waals surface area contributed by atoms with Gasteiger partial charge in [0.15, 0.2) is 5.69 Å². The highest BCUT2D eigenvalue weighted by molar-refractivity contribution is 6.01. The summed E-state index contributed by atoms with van der Waals surface area (Å²) in [5.74, 6) is -3.15. The van der Waals surface area contributed by atoms with Gasteiger partial charge < -0.3 is 10.5 Å². The molecule has 1 amide bonds. The molecule has 0 bridgehead atoms. The third kappa shape index (κ3) is 4.64. The second-order valence-electron chi connectivity index (χ2n) is 5.56. The van der Waals surface area contributed by atoms with Crippen molar-refractivity contribution in [1.29, 1.82) is 0 Å². The lowest BCUT2D eigenvalue weighted by molar-refractivity contribution is -0.142. The Balaban J connectivity index is 4.00. The second-order valence-corrected chi connectivity index (χ2v) is 5.56. The summed E-state index contributed by atoms with van der Waals surface area (Å²) in [6, 6.07) is 0. The molecular formula is C15H17F5N2O3. The smallest absolute Gasteiger partial charge is 0.434 e. The van der Waals surface area contributed by atoms with Gasteiger partial charge in [-0.1, -0.05) is 13.8 Å². The van der Waals surface area contributed by atoms with Gasteiger partial charge in [-0.15, -0.1) is 0 Å². The van der Waals surface area contributed by atoms with Gasteiger partial charge in [0.25, 0.3) is 12.3 Å². The normalized spacial score (nSPS) is 11.9. The lowest BCUT2D eigenvalue weighted by Crippen LogP contribution is -2.27. The van der Waals surface area contributed by atoms with Crippen LogP contribution in [0, 0.1) is 5.92 Å². The topological polar surface area (TPSA) is 82.3 Å². The van der Waals surface area contributed by atoms with E-state index in [0.717, 1.165) is 0 Å². The average molecular weight is 368 g/mol. The highest BCUT2D eigenvalue weighted by Crippen LogP contribution is 2.37. The zero-order chi connectivity index (χ0) is 19.5. The highest BCUT2D eigenvalue weighted by Gasteiger charge is 2.42. The SMILES string of the molecule is CCOC(=O)c1c(C(F)(F)F)nc(C(F)F)c(C(N)=O)c1CC(C)C. The monoisotopic (exact) mass is 368 g/mol. The van der Waals surface area contributed by atoms with Gasteiger partial charge in [-0.05, 0) is 24.8 Å². The second kappa shape index (κ2) is 7.75. The summed E-state index contributed by atoms with van der Waals surface area (Å²) >= 11 is 0. The van der Waals surface area contributed by atoms with Crippen molar-refractivity contribution in [3.63, 3.8) is 0 Å². The maximum atomic E-state index is 13.3. The van der Waals surface area contributed by atoms with Crippen LogP contribution in [0.3, 0.4) is 0 Å². The Morgan fingerprint density at radius 3 is 2.12 bits per heavy atom. The van der Waals surface area contributed by atoms with Gasteiger partial charge in [-0.2, -0.15) is 13.2 Å². The van der Waals surface area contributed by atoms with Crippen LogP contribution in [-0.4, -0.2) is 23.5 Å². The molecule has 1 heterocycles. The first-order valence-corrected chi connectivity index (χ1v) is 7.30. The van der Waals surface area contributed by atoms with E-state index in [4.69, 9.17) is 5.73 Å². The van der Waals surface area contributed by atoms with Crippen molar-refractivity contribution < 1.29 is 36.3 Å². The molecule has 0 unspecified atom stereocenters. The Kier molecular flexibility index (Phi) is 6.44. The first-order chi connectivity index (χ1) is 11.4. The molecule has 0 radical (unpaired) electrons. The first-order valence-electron chi connectivity index (χ1n) is 7.30. The standard InChI is InChI=1S/C15H17F5N2O3/c1-4-25-14(24)9-7(5-6(2)3)8(13(21)23)10(12(16)17)22-11(9)15(18,19)20/h6,12H,4-5H2,1-3H3,(H2,21,23). The van der Waals surface area contributed by atoms with Gasteiger partial charge in [-0.3, -0.25) is 4.79 Å². The van der Waals surface area contributed by atoms with Crippen LogP contribution in [0.4, 0.5) is 22.0 Å². The summed E-state index contributed by atoms with van der Waals surface area (Å²) in [5, 5.41) is 0. The number of hydrogen-bond acceptors (Lipinski definition) is 4. The average Bonchev–Trinajstić information content (AvgIpc) is 2.43. The number of alkyl halides is 5. The largest absolute Gasteiger partial charge is 0.462 e. The van der Waals surface area contributed by atoms with Gasteiger partial charge in [0, 0.05) is 0 Å². The summed E-state index contributed by atoms with van der Waals surface area (Å²) in [6.07, 6.45) is -8.95. The fourth-order valence-corrected chi connectivity index (χ4v) is 2.33. The molecule has 0 fully saturated rings. The van der Waals surface area contributed by atoms with Crippen molar-refractivity contribution in [2.45, 2.75) is 39.8 Å². The molecule has 0 spiro atoms. The predicted molar refractivity (Wildman–Crippen MR) is 77.2 cm³/mol. The van der Waals surface area contributed by atoms with Crippen molar-refractivity contribution in [1.82, 2.24) is 4.98 Å². The number of primary amides is 1. The Hall–Kier alpha value is -2.26. The lowest BCUT2D eigenvalue weighted by atomic mass is 9.90. The van der Waals surface area contributed by atoms with Gasteiger partial charge >= 0.3 is 12.1 Å². The number of halogens is 5. The minimum atomic E-state index is -5.20. The number of rotatable bonds is 6. The van der Waals surface area contributed by atoms with Gasteiger partial charge in [0.1, 0.15) is 5.69 Å². The van der Waals surface area contributed by atoms with Gasteiger partial charge in [0.05, 0.1) is 17.7 Å². The predicted octanol–water partition coefficient (Wildman–Crippen LogP) is 3.51. The van der Waals surface area contributed by atoms with E-state index in [1.807, 2.05) is 0 Å². The van der Waals surface area contributed by atoms with Crippen molar-refractivity contribution in [2.24, 2.45) is 11.7 Å². The van der Waals surface area contributed by atoms with Crippen LogP contribution in [0.2, 0.25) is 0 Å². The van der Waals surface area contributed by atoms with E-state index in [1.165, 1.54) is 6.92 Å². The summed E-state index contributed by atoms with van der Waals surface area (Å²) in [7, 11) is 0. The van der Waals surface area contributed by atoms with E-state index in [0.29, 0.717) is 0 Å². The number of hydrogen-bond donors (Lipinski definition) is 1. The van der Waals surface area contributed by atoms with Crippen molar-refractivity contribution >= 4 is 11.9 Å². The molecule has 1 aromatic heterocycles. The number of aromatic nitrogens is 1. The highest BCUT2D eigenvalue weighted by atomic mass is 19.4. The van der Waals surface area contributed by atoms with E-state index in [9.17, 15) is 31.5 Å². The number of nitrogens with two attached hydrogens (primary N) is 1. The maximum absolute atomic E-state index is 13.3. The fourth-order valence-electron chi connectivity index (χ4n) is 2.33. The third-order valence-electron chi connectivity index (χ3n) is 3.14. The quantitative estimate of drug-likeness (QED) is 0.615. The molecule has 140 valence electrons. The summed E-state index contributed by atoms with van der Waals surface area (Å²) in [5.41, 5.74) is -0.591. The number of amides is 1. The molecule has 25 heavy (non-hydrogen) atoms. The van der Waals surface area contributed by atoms with Crippen LogP contribution in [0.5, 0.6) is 0 Å². The van der Waals surface area contributed by atoms with Crippen molar-refractivity contribution in [3.8, 4) is 0 Å². The third-order valence-corrected chi connectivity index (χ3v) is 3.14. The van der Waals surface area contributed by atoms with Gasteiger partial charge in [-0.25, -0.2) is 18.6 Å². The Labute approximate surface area is 140 Å². The molecule has 0 aliphatic heterocycles. The van der Waals surface area contributed by atoms with Crippen LogP contribution in [0.25, 0.3) is 0 Å². The number of pyridine rings is 1. The minimum absolute atomic E-state index is 0.250. The zero-order valence-electron chi connectivity index (χ0n) is 13.7. The van der Waals surface area contributed by atoms with E-state index in [2.05, 4.69) is 9.72 Å². The summed E-state index contributed by atoms with van der Waals surface area (Å²) in [4.78, 5) is 26.6. The number of esters is 1. The van der Waals surface area contributed by atoms with E-state index >= 15 is 0 Å². The molecule has 0 saturated carbocycles. The zero-order valence-corrected chi connectivity index (χ0v) is 13.7. The molecule has 1 aromatic rings. The first kappa shape index (κ1) is 20.8. The van der Waals surface area contributed by atoms with Crippen LogP contribution < -0.4 is 5.73 Å². The van der Waals surface area contributed by atoms with Crippen molar-refractivity contribution in [3.05, 3.63) is 28.1 Å². The van der Waals surface area contributed by atoms with Crippen LogP contribution in [0.1, 0.15) is 64.9 Å². The Bertz CT molecular complexity index is 672. The molecule has 5 nitrogen and oxygen atoms in total. The molecule has 0 aromatic carbocycles. The molecule has 1 rings (SSSR count). The van der Waals surface area contributed by atoms with Crippen LogP contribution in [0.15, 0.2) is 0 Å². The maximum Gasteiger partial charge on any atom is 0.434 e. The summed E-state index contributed by atoms with van der Waals surface area (Å²) in [6.45, 7) is 4.27. The van der Waals surface area contributed by atoms with Gasteiger partial charge in [0.2, 0.25) is 0 Å².